The highest BCUT2D eigenvalue weighted by molar-refractivity contribution is 5.30. The fourth-order valence-electron chi connectivity index (χ4n) is 2.32. The van der Waals surface area contributed by atoms with E-state index in [1.54, 1.807) is 12.1 Å². The molecule has 0 radical (unpaired) electrons. The van der Waals surface area contributed by atoms with Crippen LogP contribution in [0.15, 0.2) is 24.3 Å². The molecule has 0 amide bonds. The van der Waals surface area contributed by atoms with Gasteiger partial charge in [0.25, 0.3) is 0 Å². The number of hydrogen-bond acceptors (Lipinski definition) is 4. The highest BCUT2D eigenvalue weighted by Gasteiger charge is 2.21. The van der Waals surface area contributed by atoms with Crippen molar-refractivity contribution in [1.82, 2.24) is 10.2 Å². The van der Waals surface area contributed by atoms with Crippen LogP contribution in [0, 0.1) is 0 Å². The summed E-state index contributed by atoms with van der Waals surface area (Å²) in [7, 11) is 0. The van der Waals surface area contributed by atoms with Gasteiger partial charge in [-0.1, -0.05) is 12.1 Å². The summed E-state index contributed by atoms with van der Waals surface area (Å²) >= 11 is 0. The molecule has 0 unspecified atom stereocenters. The summed E-state index contributed by atoms with van der Waals surface area (Å²) in [6, 6.07) is 6.36. The van der Waals surface area contributed by atoms with Crippen LogP contribution in [-0.4, -0.2) is 49.4 Å². The minimum Gasteiger partial charge on any atom is -0.435 e. The van der Waals surface area contributed by atoms with E-state index in [-0.39, 0.29) is 18.4 Å². The highest BCUT2D eigenvalue weighted by Crippen LogP contribution is 2.25. The Morgan fingerprint density at radius 3 is 2.68 bits per heavy atom. The van der Waals surface area contributed by atoms with Gasteiger partial charge in [0.2, 0.25) is 0 Å². The average molecular weight is 272 g/mol. The lowest BCUT2D eigenvalue weighted by atomic mass is 10.0. The smallest absolute Gasteiger partial charge is 0.387 e. The van der Waals surface area contributed by atoms with Crippen molar-refractivity contribution in [2.24, 2.45) is 0 Å². The topological polar surface area (TPSA) is 44.7 Å². The van der Waals surface area contributed by atoms with E-state index >= 15 is 0 Å². The largest absolute Gasteiger partial charge is 0.435 e. The third-order valence-corrected chi connectivity index (χ3v) is 3.23. The van der Waals surface area contributed by atoms with Crippen molar-refractivity contribution in [3.05, 3.63) is 29.8 Å². The Hall–Kier alpha value is -1.24. The molecule has 19 heavy (non-hydrogen) atoms. The van der Waals surface area contributed by atoms with Gasteiger partial charge in [-0.3, -0.25) is 4.90 Å². The molecule has 1 aromatic carbocycles. The number of alkyl halides is 2. The normalized spacial score (nSPS) is 18.5. The summed E-state index contributed by atoms with van der Waals surface area (Å²) in [5, 5.41) is 12.8. The van der Waals surface area contributed by atoms with Crippen LogP contribution in [0.25, 0.3) is 0 Å². The molecule has 1 atom stereocenters. The predicted molar refractivity (Wildman–Crippen MR) is 67.3 cm³/mol. The van der Waals surface area contributed by atoms with Crippen molar-refractivity contribution < 1.29 is 18.6 Å². The molecule has 0 aromatic heterocycles. The Labute approximate surface area is 111 Å². The number of aliphatic hydroxyl groups is 1. The third kappa shape index (κ3) is 3.86. The van der Waals surface area contributed by atoms with Crippen molar-refractivity contribution >= 4 is 0 Å². The zero-order valence-electron chi connectivity index (χ0n) is 10.6. The SMILES string of the molecule is OC[C@H](c1cccc(OC(F)F)c1)N1CCNCC1. The maximum Gasteiger partial charge on any atom is 0.387 e. The van der Waals surface area contributed by atoms with Crippen LogP contribution in [0.2, 0.25) is 0 Å². The van der Waals surface area contributed by atoms with Crippen molar-refractivity contribution in [1.29, 1.82) is 0 Å². The average Bonchev–Trinajstić information content (AvgIpc) is 2.40. The van der Waals surface area contributed by atoms with E-state index in [2.05, 4.69) is 15.0 Å². The van der Waals surface area contributed by atoms with Gasteiger partial charge in [0.05, 0.1) is 12.6 Å². The minimum absolute atomic E-state index is 0.0435. The number of halogens is 2. The van der Waals surface area contributed by atoms with Gasteiger partial charge in [0, 0.05) is 26.2 Å². The number of hydrogen-bond donors (Lipinski definition) is 2. The fourth-order valence-corrected chi connectivity index (χ4v) is 2.32. The molecular formula is C13H18F2N2O2. The second kappa shape index (κ2) is 6.79. The van der Waals surface area contributed by atoms with Gasteiger partial charge in [-0.05, 0) is 17.7 Å². The number of ether oxygens (including phenoxy) is 1. The predicted octanol–water partition coefficient (Wildman–Crippen LogP) is 1.23. The first-order valence-electron chi connectivity index (χ1n) is 6.31. The van der Waals surface area contributed by atoms with E-state index in [1.165, 1.54) is 6.07 Å². The second-order valence-electron chi connectivity index (χ2n) is 4.44. The quantitative estimate of drug-likeness (QED) is 0.846. The molecule has 1 aliphatic rings. The van der Waals surface area contributed by atoms with E-state index in [4.69, 9.17) is 0 Å². The summed E-state index contributed by atoms with van der Waals surface area (Å²) in [5.74, 6) is 0.126. The molecule has 6 heteroatoms. The zero-order valence-corrected chi connectivity index (χ0v) is 10.6. The van der Waals surface area contributed by atoms with Crippen LogP contribution in [0.3, 0.4) is 0 Å². The first-order valence-corrected chi connectivity index (χ1v) is 6.31. The summed E-state index contributed by atoms with van der Waals surface area (Å²) in [6.45, 7) is 0.504. The molecular weight excluding hydrogens is 254 g/mol. The molecule has 0 aliphatic carbocycles. The third-order valence-electron chi connectivity index (χ3n) is 3.23. The highest BCUT2D eigenvalue weighted by atomic mass is 19.3. The Bertz CT molecular complexity index is 398. The van der Waals surface area contributed by atoms with Crippen LogP contribution in [-0.2, 0) is 0 Å². The van der Waals surface area contributed by atoms with Crippen molar-refractivity contribution in [3.63, 3.8) is 0 Å². The summed E-state index contributed by atoms with van der Waals surface area (Å²) in [5.41, 5.74) is 0.794. The van der Waals surface area contributed by atoms with Crippen molar-refractivity contribution in [3.8, 4) is 5.75 Å². The van der Waals surface area contributed by atoms with Gasteiger partial charge in [-0.15, -0.1) is 0 Å². The lowest BCUT2D eigenvalue weighted by Gasteiger charge is -2.34. The molecule has 1 aromatic rings. The molecule has 2 rings (SSSR count). The molecule has 1 heterocycles. The van der Waals surface area contributed by atoms with Crippen LogP contribution in [0.4, 0.5) is 8.78 Å². The Morgan fingerprint density at radius 1 is 1.32 bits per heavy atom. The first-order chi connectivity index (χ1) is 9.20. The number of nitrogens with zero attached hydrogens (tertiary/aromatic N) is 1. The number of rotatable bonds is 5. The van der Waals surface area contributed by atoms with E-state index in [1.807, 2.05) is 6.07 Å². The van der Waals surface area contributed by atoms with Crippen LogP contribution < -0.4 is 10.1 Å². The first kappa shape index (κ1) is 14.2. The van der Waals surface area contributed by atoms with Gasteiger partial charge < -0.3 is 15.2 Å². The maximum absolute atomic E-state index is 12.2. The van der Waals surface area contributed by atoms with E-state index < -0.39 is 6.61 Å². The Kier molecular flexibility index (Phi) is 5.07. The molecule has 4 nitrogen and oxygen atoms in total. The van der Waals surface area contributed by atoms with E-state index in [0.717, 1.165) is 31.7 Å². The molecule has 1 aliphatic heterocycles. The maximum atomic E-state index is 12.2. The number of benzene rings is 1. The van der Waals surface area contributed by atoms with Gasteiger partial charge in [0.1, 0.15) is 5.75 Å². The number of aliphatic hydroxyl groups excluding tert-OH is 1. The van der Waals surface area contributed by atoms with Gasteiger partial charge >= 0.3 is 6.61 Å². The minimum atomic E-state index is -2.83. The van der Waals surface area contributed by atoms with Crippen LogP contribution in [0.1, 0.15) is 11.6 Å². The number of nitrogens with one attached hydrogen (secondary N) is 1. The Balaban J connectivity index is 2.12. The summed E-state index contributed by atoms with van der Waals surface area (Å²) in [4.78, 5) is 2.14. The molecule has 1 fully saturated rings. The van der Waals surface area contributed by atoms with Crippen molar-refractivity contribution in [2.75, 3.05) is 32.8 Å². The molecule has 2 N–H and O–H groups in total. The van der Waals surface area contributed by atoms with Gasteiger partial charge in [-0.2, -0.15) is 8.78 Å². The lowest BCUT2D eigenvalue weighted by Crippen LogP contribution is -2.46. The molecule has 106 valence electrons. The van der Waals surface area contributed by atoms with Gasteiger partial charge in [0.15, 0.2) is 0 Å². The molecule has 0 bridgehead atoms. The van der Waals surface area contributed by atoms with E-state index in [9.17, 15) is 13.9 Å². The number of piperazine rings is 1. The summed E-state index contributed by atoms with van der Waals surface area (Å²) < 4.78 is 28.8. The molecule has 0 saturated carbocycles. The van der Waals surface area contributed by atoms with Crippen LogP contribution >= 0.6 is 0 Å². The van der Waals surface area contributed by atoms with Gasteiger partial charge in [-0.25, -0.2) is 0 Å². The zero-order chi connectivity index (χ0) is 13.7. The molecule has 0 spiro atoms. The monoisotopic (exact) mass is 272 g/mol. The fraction of sp³-hybridized carbons (Fsp3) is 0.538. The Morgan fingerprint density at radius 2 is 2.05 bits per heavy atom. The summed E-state index contributed by atoms with van der Waals surface area (Å²) in [6.07, 6.45) is 0. The standard InChI is InChI=1S/C13H18F2N2O2/c14-13(15)19-11-3-1-2-10(8-11)12(9-18)17-6-4-16-5-7-17/h1-3,8,12-13,16,18H,4-7,9H2/t12-/m1/s1. The lowest BCUT2D eigenvalue weighted by molar-refractivity contribution is -0.0499. The van der Waals surface area contributed by atoms with Crippen molar-refractivity contribution in [2.45, 2.75) is 12.7 Å². The van der Waals surface area contributed by atoms with E-state index in [0.29, 0.717) is 0 Å². The molecule has 1 saturated heterocycles. The second-order valence-corrected chi connectivity index (χ2v) is 4.44. The van der Waals surface area contributed by atoms with Crippen LogP contribution in [0.5, 0.6) is 5.75 Å².